The van der Waals surface area contributed by atoms with E-state index < -0.39 is 0 Å². The average Bonchev–Trinajstić information content (AvgIpc) is 2.50. The van der Waals surface area contributed by atoms with Crippen LogP contribution in [0, 0.1) is 5.92 Å². The van der Waals surface area contributed by atoms with Crippen LogP contribution in [0.4, 0.5) is 0 Å². The van der Waals surface area contributed by atoms with Crippen molar-refractivity contribution in [2.45, 2.75) is 40.2 Å². The average molecular weight is 307 g/mol. The maximum Gasteiger partial charge on any atom is 0.191 e. The van der Waals surface area contributed by atoms with Crippen molar-refractivity contribution in [3.63, 3.8) is 0 Å². The van der Waals surface area contributed by atoms with Crippen LogP contribution in [0.1, 0.15) is 39.2 Å². The predicted molar refractivity (Wildman–Crippen MR) is 91.5 cm³/mol. The Hall–Kier alpha value is -1.91. The first-order chi connectivity index (χ1) is 10.6. The minimum absolute atomic E-state index is 0.157. The van der Waals surface area contributed by atoms with Gasteiger partial charge in [-0.1, -0.05) is 26.0 Å². The number of hydrogen-bond acceptors (Lipinski definition) is 3. The van der Waals surface area contributed by atoms with Crippen molar-refractivity contribution in [1.29, 1.82) is 0 Å². The molecule has 0 bridgehead atoms. The number of para-hydroxylation sites is 1. The summed E-state index contributed by atoms with van der Waals surface area (Å²) in [5.74, 6) is 2.12. The van der Waals surface area contributed by atoms with E-state index >= 15 is 0 Å². The number of nitrogens with zero attached hydrogens (tertiary/aromatic N) is 1. The minimum Gasteiger partial charge on any atom is -0.504 e. The molecule has 124 valence electrons. The molecular weight excluding hydrogens is 278 g/mol. The van der Waals surface area contributed by atoms with Gasteiger partial charge < -0.3 is 20.5 Å². The molecule has 0 aliphatic rings. The van der Waals surface area contributed by atoms with Crippen LogP contribution in [-0.4, -0.2) is 31.3 Å². The zero-order valence-corrected chi connectivity index (χ0v) is 14.1. The molecule has 0 unspecified atom stereocenters. The van der Waals surface area contributed by atoms with E-state index in [-0.39, 0.29) is 5.75 Å². The Bertz CT molecular complexity index is 473. The lowest BCUT2D eigenvalue weighted by molar-refractivity contribution is 0.370. The minimum atomic E-state index is 0.157. The lowest BCUT2D eigenvalue weighted by atomic mass is 10.1. The maximum absolute atomic E-state index is 10.1. The molecule has 1 rings (SSSR count). The van der Waals surface area contributed by atoms with E-state index in [1.165, 1.54) is 6.42 Å². The number of aromatic hydroxyl groups is 1. The summed E-state index contributed by atoms with van der Waals surface area (Å²) in [6.07, 6.45) is 2.32. The van der Waals surface area contributed by atoms with Gasteiger partial charge in [-0.2, -0.15) is 0 Å². The first kappa shape index (κ1) is 18.1. The van der Waals surface area contributed by atoms with Gasteiger partial charge in [-0.3, -0.25) is 0 Å². The van der Waals surface area contributed by atoms with Crippen LogP contribution in [-0.2, 0) is 6.54 Å². The zero-order chi connectivity index (χ0) is 16.4. The van der Waals surface area contributed by atoms with Gasteiger partial charge in [0, 0.05) is 18.7 Å². The second kappa shape index (κ2) is 9.92. The van der Waals surface area contributed by atoms with Crippen LogP contribution in [0.15, 0.2) is 23.2 Å². The summed E-state index contributed by atoms with van der Waals surface area (Å²) in [4.78, 5) is 4.52. The SMILES string of the molecule is CCNC(=NCc1cccc(OC)c1O)NCCCC(C)C. The predicted octanol–water partition coefficient (Wildman–Crippen LogP) is 2.89. The normalized spacial score (nSPS) is 11.6. The summed E-state index contributed by atoms with van der Waals surface area (Å²) < 4.78 is 5.11. The van der Waals surface area contributed by atoms with Gasteiger partial charge in [-0.05, 0) is 31.7 Å². The fourth-order valence-corrected chi connectivity index (χ4v) is 2.08. The molecule has 1 aromatic rings. The van der Waals surface area contributed by atoms with E-state index in [1.807, 2.05) is 19.1 Å². The molecule has 0 spiro atoms. The lowest BCUT2D eigenvalue weighted by Gasteiger charge is -2.12. The number of hydrogen-bond donors (Lipinski definition) is 3. The third-order valence-electron chi connectivity index (χ3n) is 3.30. The maximum atomic E-state index is 10.1. The number of methoxy groups -OCH3 is 1. The number of phenols is 1. The number of guanidine groups is 1. The Morgan fingerprint density at radius 2 is 2.09 bits per heavy atom. The fourth-order valence-electron chi connectivity index (χ4n) is 2.08. The van der Waals surface area contributed by atoms with Crippen molar-refractivity contribution >= 4 is 5.96 Å². The van der Waals surface area contributed by atoms with E-state index in [1.54, 1.807) is 13.2 Å². The monoisotopic (exact) mass is 307 g/mol. The summed E-state index contributed by atoms with van der Waals surface area (Å²) in [7, 11) is 1.54. The quantitative estimate of drug-likeness (QED) is 0.392. The van der Waals surface area contributed by atoms with Crippen molar-refractivity contribution in [1.82, 2.24) is 10.6 Å². The fraction of sp³-hybridized carbons (Fsp3) is 0.588. The summed E-state index contributed by atoms with van der Waals surface area (Å²) in [6.45, 7) is 8.60. The van der Waals surface area contributed by atoms with Crippen molar-refractivity contribution in [3.8, 4) is 11.5 Å². The van der Waals surface area contributed by atoms with E-state index in [9.17, 15) is 5.11 Å². The third-order valence-corrected chi connectivity index (χ3v) is 3.30. The standard InChI is InChI=1S/C17H29N3O2/c1-5-18-17(19-11-7-8-13(2)3)20-12-14-9-6-10-15(22-4)16(14)21/h6,9-10,13,21H,5,7-8,11-12H2,1-4H3,(H2,18,19,20). The highest BCUT2D eigenvalue weighted by molar-refractivity contribution is 5.79. The number of phenolic OH excluding ortho intramolecular Hbond substituents is 1. The number of nitrogens with one attached hydrogen (secondary N) is 2. The Balaban J connectivity index is 2.61. The first-order valence-corrected chi connectivity index (χ1v) is 7.95. The zero-order valence-electron chi connectivity index (χ0n) is 14.1. The summed E-state index contributed by atoms with van der Waals surface area (Å²) >= 11 is 0. The van der Waals surface area contributed by atoms with Crippen molar-refractivity contribution in [2.24, 2.45) is 10.9 Å². The number of aliphatic imine (C=N–C) groups is 1. The molecule has 0 saturated heterocycles. The molecule has 1 aromatic carbocycles. The number of benzene rings is 1. The van der Waals surface area contributed by atoms with Crippen molar-refractivity contribution < 1.29 is 9.84 Å². The summed E-state index contributed by atoms with van der Waals surface area (Å²) in [6, 6.07) is 5.44. The molecule has 0 saturated carbocycles. The van der Waals surface area contributed by atoms with E-state index in [4.69, 9.17) is 4.74 Å². The topological polar surface area (TPSA) is 65.9 Å². The van der Waals surface area contributed by atoms with Crippen molar-refractivity contribution in [2.75, 3.05) is 20.2 Å². The van der Waals surface area contributed by atoms with Crippen LogP contribution < -0.4 is 15.4 Å². The van der Waals surface area contributed by atoms with Gasteiger partial charge in [0.2, 0.25) is 0 Å². The third kappa shape index (κ3) is 6.24. The van der Waals surface area contributed by atoms with Crippen LogP contribution in [0.2, 0.25) is 0 Å². The molecule has 0 fully saturated rings. The van der Waals surface area contributed by atoms with Crippen LogP contribution in [0.5, 0.6) is 11.5 Å². The summed E-state index contributed by atoms with van der Waals surface area (Å²) in [5, 5.41) is 16.6. The van der Waals surface area contributed by atoms with E-state index in [0.717, 1.165) is 37.0 Å². The van der Waals surface area contributed by atoms with Gasteiger partial charge >= 0.3 is 0 Å². The Kier molecular flexibility index (Phi) is 8.18. The number of ether oxygens (including phenoxy) is 1. The second-order valence-electron chi connectivity index (χ2n) is 5.63. The molecular formula is C17H29N3O2. The van der Waals surface area contributed by atoms with Crippen LogP contribution >= 0.6 is 0 Å². The van der Waals surface area contributed by atoms with Gasteiger partial charge in [-0.15, -0.1) is 0 Å². The molecule has 3 N–H and O–H groups in total. The molecule has 0 atom stereocenters. The smallest absolute Gasteiger partial charge is 0.191 e. The highest BCUT2D eigenvalue weighted by Gasteiger charge is 2.07. The van der Waals surface area contributed by atoms with Gasteiger partial charge in [0.25, 0.3) is 0 Å². The van der Waals surface area contributed by atoms with E-state index in [2.05, 4.69) is 29.5 Å². The molecule has 0 aliphatic carbocycles. The Labute approximate surface area is 133 Å². The van der Waals surface area contributed by atoms with Gasteiger partial charge in [-0.25, -0.2) is 4.99 Å². The molecule has 22 heavy (non-hydrogen) atoms. The van der Waals surface area contributed by atoms with Crippen LogP contribution in [0.25, 0.3) is 0 Å². The second-order valence-corrected chi connectivity index (χ2v) is 5.63. The van der Waals surface area contributed by atoms with Gasteiger partial charge in [0.05, 0.1) is 13.7 Å². The Morgan fingerprint density at radius 3 is 2.73 bits per heavy atom. The number of rotatable bonds is 8. The van der Waals surface area contributed by atoms with Crippen LogP contribution in [0.3, 0.4) is 0 Å². The lowest BCUT2D eigenvalue weighted by Crippen LogP contribution is -2.37. The molecule has 0 radical (unpaired) electrons. The largest absolute Gasteiger partial charge is 0.504 e. The van der Waals surface area contributed by atoms with Crippen molar-refractivity contribution in [3.05, 3.63) is 23.8 Å². The molecule has 0 heterocycles. The van der Waals surface area contributed by atoms with Gasteiger partial charge in [0.1, 0.15) is 0 Å². The Morgan fingerprint density at radius 1 is 1.32 bits per heavy atom. The van der Waals surface area contributed by atoms with E-state index in [0.29, 0.717) is 12.3 Å². The molecule has 0 aliphatic heterocycles. The summed E-state index contributed by atoms with van der Waals surface area (Å²) in [5.41, 5.74) is 0.749. The molecule has 0 amide bonds. The van der Waals surface area contributed by atoms with Gasteiger partial charge in [0.15, 0.2) is 17.5 Å². The first-order valence-electron chi connectivity index (χ1n) is 7.95. The molecule has 0 aromatic heterocycles. The highest BCUT2D eigenvalue weighted by atomic mass is 16.5. The molecule has 5 heteroatoms. The molecule has 5 nitrogen and oxygen atoms in total. The highest BCUT2D eigenvalue weighted by Crippen LogP contribution is 2.29.